The summed E-state index contributed by atoms with van der Waals surface area (Å²) in [5.74, 6) is -0.0721. The zero-order chi connectivity index (χ0) is 19.2. The Kier molecular flexibility index (Phi) is 9.18. The summed E-state index contributed by atoms with van der Waals surface area (Å²) in [5, 5.41) is 0. The number of rotatable bonds is 8. The van der Waals surface area contributed by atoms with Crippen LogP contribution in [0.15, 0.2) is 30.3 Å². The monoisotopic (exact) mass is 503 g/mol. The molecule has 2 aliphatic heterocycles. The summed E-state index contributed by atoms with van der Waals surface area (Å²) in [6.45, 7) is 7.51. The van der Waals surface area contributed by atoms with Gasteiger partial charge in [-0.2, -0.15) is 0 Å². The fraction of sp³-hybridized carbons (Fsp3) is 0.682. The Balaban J connectivity index is 0.00000280. The molecule has 3 rings (SSSR count). The highest BCUT2D eigenvalue weighted by Crippen LogP contribution is 2.38. The average Bonchev–Trinajstić information content (AvgIpc) is 3.21. The van der Waals surface area contributed by atoms with E-state index in [0.717, 1.165) is 68.6 Å². The molecule has 0 N–H and O–H groups in total. The first-order chi connectivity index (χ1) is 13.1. The van der Waals surface area contributed by atoms with Gasteiger partial charge in [-0.1, -0.05) is 30.3 Å². The van der Waals surface area contributed by atoms with E-state index >= 15 is 0 Å². The van der Waals surface area contributed by atoms with Gasteiger partial charge in [0.15, 0.2) is 0 Å². The SMILES string of the molecule is CCOC(=O)C1(c2ccccc2)CC[N+](C)(CCOCC2CCCO2)CC1.[I-]. The molecule has 28 heavy (non-hydrogen) atoms. The van der Waals surface area contributed by atoms with Crippen molar-refractivity contribution in [2.24, 2.45) is 0 Å². The van der Waals surface area contributed by atoms with Gasteiger partial charge in [-0.3, -0.25) is 4.79 Å². The fourth-order valence-corrected chi connectivity index (χ4v) is 4.29. The molecule has 2 fully saturated rings. The van der Waals surface area contributed by atoms with Crippen LogP contribution in [0.5, 0.6) is 0 Å². The standard InChI is InChI=1S/C22H34NO4.HI/c1-3-26-21(24)22(19-8-5-4-6-9-19)11-13-23(2,14-12-22)15-17-25-18-20-10-7-16-27-20;/h4-6,8-9,20H,3,7,10-18H2,1-2H3;1H/q+1;/p-1. The number of nitrogens with zero attached hydrogens (tertiary/aromatic N) is 1. The largest absolute Gasteiger partial charge is 1.00 e. The molecule has 2 saturated heterocycles. The molecule has 2 aliphatic rings. The fourth-order valence-electron chi connectivity index (χ4n) is 4.29. The second-order valence-corrected chi connectivity index (χ2v) is 8.17. The van der Waals surface area contributed by atoms with E-state index in [9.17, 15) is 4.79 Å². The summed E-state index contributed by atoms with van der Waals surface area (Å²) in [4.78, 5) is 12.9. The number of halogens is 1. The topological polar surface area (TPSA) is 44.8 Å². The Morgan fingerprint density at radius 3 is 2.57 bits per heavy atom. The summed E-state index contributed by atoms with van der Waals surface area (Å²) in [6, 6.07) is 10.2. The number of benzene rings is 1. The first kappa shape index (κ1) is 23.6. The van der Waals surface area contributed by atoms with Crippen molar-refractivity contribution in [1.29, 1.82) is 0 Å². The molecule has 1 unspecified atom stereocenters. The van der Waals surface area contributed by atoms with Crippen molar-refractivity contribution in [1.82, 2.24) is 0 Å². The molecule has 0 spiro atoms. The molecule has 0 aromatic heterocycles. The molecule has 6 heteroatoms. The third kappa shape index (κ3) is 5.68. The number of hydrogen-bond donors (Lipinski definition) is 0. The van der Waals surface area contributed by atoms with Gasteiger partial charge in [0, 0.05) is 19.4 Å². The normalized spacial score (nSPS) is 29.9. The van der Waals surface area contributed by atoms with E-state index in [-0.39, 0.29) is 36.0 Å². The lowest BCUT2D eigenvalue weighted by Gasteiger charge is -2.45. The molecule has 0 saturated carbocycles. The second-order valence-electron chi connectivity index (χ2n) is 8.17. The van der Waals surface area contributed by atoms with E-state index in [1.807, 2.05) is 25.1 Å². The lowest BCUT2D eigenvalue weighted by Crippen LogP contribution is -3.00. The van der Waals surface area contributed by atoms with Crippen LogP contribution in [0.25, 0.3) is 0 Å². The molecule has 0 bridgehead atoms. The van der Waals surface area contributed by atoms with Crippen LogP contribution in [0, 0.1) is 0 Å². The van der Waals surface area contributed by atoms with Gasteiger partial charge in [0.1, 0.15) is 12.0 Å². The molecule has 5 nitrogen and oxygen atoms in total. The number of carbonyl (C=O) groups is 1. The molecular weight excluding hydrogens is 469 g/mol. The smallest absolute Gasteiger partial charge is 0.317 e. The zero-order valence-corrected chi connectivity index (χ0v) is 19.4. The lowest BCUT2D eigenvalue weighted by molar-refractivity contribution is -0.915. The van der Waals surface area contributed by atoms with E-state index < -0.39 is 5.41 Å². The minimum atomic E-state index is -0.506. The average molecular weight is 503 g/mol. The highest BCUT2D eigenvalue weighted by Gasteiger charge is 2.48. The Morgan fingerprint density at radius 1 is 1.25 bits per heavy atom. The maximum absolute atomic E-state index is 12.9. The Hall–Kier alpha value is -0.700. The van der Waals surface area contributed by atoms with E-state index in [1.54, 1.807) is 0 Å². The summed E-state index contributed by atoms with van der Waals surface area (Å²) < 4.78 is 17.9. The molecule has 0 amide bonds. The third-order valence-electron chi connectivity index (χ3n) is 6.25. The quantitative estimate of drug-likeness (QED) is 0.216. The Bertz CT molecular complexity index is 596. The van der Waals surface area contributed by atoms with Gasteiger partial charge in [-0.25, -0.2) is 0 Å². The van der Waals surface area contributed by atoms with Crippen LogP contribution < -0.4 is 24.0 Å². The number of likely N-dealkylation sites (tertiary alicyclic amines) is 1. The van der Waals surface area contributed by atoms with Crippen molar-refractivity contribution < 1.29 is 47.5 Å². The van der Waals surface area contributed by atoms with E-state index in [1.165, 1.54) is 0 Å². The Morgan fingerprint density at radius 2 is 1.96 bits per heavy atom. The van der Waals surface area contributed by atoms with Crippen molar-refractivity contribution in [3.05, 3.63) is 35.9 Å². The molecule has 1 atom stereocenters. The number of quaternary nitrogens is 1. The molecular formula is C22H34INO4. The molecule has 1 aromatic carbocycles. The number of carbonyl (C=O) groups excluding carboxylic acids is 1. The number of piperidine rings is 1. The number of hydrogen-bond acceptors (Lipinski definition) is 4. The summed E-state index contributed by atoms with van der Waals surface area (Å²) in [7, 11) is 2.27. The van der Waals surface area contributed by atoms with Crippen molar-refractivity contribution in [3.8, 4) is 0 Å². The maximum Gasteiger partial charge on any atom is 0.317 e. The van der Waals surface area contributed by atoms with Gasteiger partial charge in [0.2, 0.25) is 0 Å². The summed E-state index contributed by atoms with van der Waals surface area (Å²) in [6.07, 6.45) is 4.18. The van der Waals surface area contributed by atoms with Crippen molar-refractivity contribution in [3.63, 3.8) is 0 Å². The molecule has 158 valence electrons. The van der Waals surface area contributed by atoms with Crippen LogP contribution in [0.2, 0.25) is 0 Å². The predicted molar refractivity (Wildman–Crippen MR) is 105 cm³/mol. The number of likely N-dealkylation sites (N-methyl/N-ethyl adjacent to an activating group) is 1. The first-order valence-corrected chi connectivity index (χ1v) is 10.3. The van der Waals surface area contributed by atoms with Gasteiger partial charge in [0.25, 0.3) is 0 Å². The minimum Gasteiger partial charge on any atom is -1.00 e. The van der Waals surface area contributed by atoms with Crippen LogP contribution >= 0.6 is 0 Å². The van der Waals surface area contributed by atoms with Crippen molar-refractivity contribution in [2.45, 2.75) is 44.1 Å². The van der Waals surface area contributed by atoms with Gasteiger partial charge in [0.05, 0.1) is 46.1 Å². The predicted octanol–water partition coefficient (Wildman–Crippen LogP) is -0.0725. The van der Waals surface area contributed by atoms with Gasteiger partial charge in [-0.15, -0.1) is 0 Å². The van der Waals surface area contributed by atoms with Gasteiger partial charge < -0.3 is 42.7 Å². The highest BCUT2D eigenvalue weighted by molar-refractivity contribution is 5.83. The maximum atomic E-state index is 12.9. The summed E-state index contributed by atoms with van der Waals surface area (Å²) in [5.41, 5.74) is 0.581. The zero-order valence-electron chi connectivity index (χ0n) is 17.2. The van der Waals surface area contributed by atoms with Crippen molar-refractivity contribution >= 4 is 5.97 Å². The molecule has 0 radical (unpaired) electrons. The van der Waals surface area contributed by atoms with Gasteiger partial charge >= 0.3 is 5.97 Å². The van der Waals surface area contributed by atoms with Crippen LogP contribution in [-0.2, 0) is 24.4 Å². The minimum absolute atomic E-state index is 0. The van der Waals surface area contributed by atoms with E-state index in [2.05, 4.69) is 19.2 Å². The summed E-state index contributed by atoms with van der Waals surface area (Å²) >= 11 is 0. The lowest BCUT2D eigenvalue weighted by atomic mass is 9.72. The number of ether oxygens (including phenoxy) is 3. The molecule has 0 aliphatic carbocycles. The van der Waals surface area contributed by atoms with Crippen LogP contribution in [0.1, 0.15) is 38.2 Å². The van der Waals surface area contributed by atoms with Crippen LogP contribution in [-0.4, -0.2) is 69.7 Å². The van der Waals surface area contributed by atoms with Gasteiger partial charge in [-0.05, 0) is 25.3 Å². The third-order valence-corrected chi connectivity index (χ3v) is 6.25. The second kappa shape index (κ2) is 10.9. The highest BCUT2D eigenvalue weighted by atomic mass is 127. The van der Waals surface area contributed by atoms with Crippen LogP contribution in [0.4, 0.5) is 0 Å². The van der Waals surface area contributed by atoms with E-state index in [4.69, 9.17) is 14.2 Å². The van der Waals surface area contributed by atoms with Crippen LogP contribution in [0.3, 0.4) is 0 Å². The molecule has 1 aromatic rings. The number of esters is 1. The van der Waals surface area contributed by atoms with E-state index in [0.29, 0.717) is 13.2 Å². The Labute approximate surface area is 186 Å². The first-order valence-electron chi connectivity index (χ1n) is 10.3. The molecule has 2 heterocycles. The van der Waals surface area contributed by atoms with Crippen molar-refractivity contribution in [2.75, 3.05) is 53.1 Å².